The summed E-state index contributed by atoms with van der Waals surface area (Å²) in [6, 6.07) is 1.87. The van der Waals surface area contributed by atoms with Gasteiger partial charge in [0, 0.05) is 19.7 Å². The monoisotopic (exact) mass is 310 g/mol. The molecule has 0 amide bonds. The first-order valence-corrected chi connectivity index (χ1v) is 7.66. The molecule has 2 rings (SSSR count). The Morgan fingerprint density at radius 2 is 2.23 bits per heavy atom. The third-order valence-electron chi connectivity index (χ3n) is 3.88. The number of hydrogen-bond acceptors (Lipinski definition) is 6. The number of aromatic nitrogens is 1. The van der Waals surface area contributed by atoms with Gasteiger partial charge in [-0.15, -0.1) is 0 Å². The second-order valence-electron chi connectivity index (χ2n) is 7.02. The maximum absolute atomic E-state index is 12.6. The third kappa shape index (κ3) is 3.87. The van der Waals surface area contributed by atoms with Gasteiger partial charge in [-0.25, -0.2) is 0 Å². The molecule has 6 nitrogen and oxygen atoms in total. The van der Waals surface area contributed by atoms with Crippen molar-refractivity contribution in [3.05, 3.63) is 17.5 Å². The maximum Gasteiger partial charge on any atom is 0.326 e. The minimum absolute atomic E-state index is 0.168. The van der Waals surface area contributed by atoms with Gasteiger partial charge in [0.25, 0.3) is 0 Å². The molecule has 0 aromatic carbocycles. The molecule has 1 atom stereocenters. The average Bonchev–Trinajstić information content (AvgIpc) is 2.97. The van der Waals surface area contributed by atoms with Gasteiger partial charge in [-0.3, -0.25) is 9.69 Å². The van der Waals surface area contributed by atoms with E-state index < -0.39 is 11.1 Å². The molecule has 124 valence electrons. The fraction of sp³-hybridized carbons (Fsp3) is 0.750. The molecule has 0 saturated carbocycles. The van der Waals surface area contributed by atoms with Gasteiger partial charge in [0.2, 0.25) is 0 Å². The highest BCUT2D eigenvalue weighted by Gasteiger charge is 2.45. The van der Waals surface area contributed by atoms with E-state index in [-0.39, 0.29) is 5.97 Å². The number of rotatable bonds is 5. The molecule has 0 radical (unpaired) electrons. The fourth-order valence-electron chi connectivity index (χ4n) is 2.73. The fourth-order valence-corrected chi connectivity index (χ4v) is 2.73. The molecule has 0 bridgehead atoms. The summed E-state index contributed by atoms with van der Waals surface area (Å²) in [6.07, 6.45) is 1.77. The highest BCUT2D eigenvalue weighted by molar-refractivity contribution is 5.81. The van der Waals surface area contributed by atoms with Crippen LogP contribution in [0.5, 0.6) is 0 Å². The van der Waals surface area contributed by atoms with Crippen molar-refractivity contribution in [2.75, 3.05) is 13.7 Å². The zero-order chi connectivity index (χ0) is 16.4. The number of methoxy groups -OCH3 is 1. The molecule has 6 heteroatoms. The lowest BCUT2D eigenvalue weighted by atomic mass is 9.98. The van der Waals surface area contributed by atoms with Crippen LogP contribution in [0, 0.1) is 0 Å². The Labute approximate surface area is 131 Å². The molecule has 0 N–H and O–H groups in total. The van der Waals surface area contributed by atoms with Crippen molar-refractivity contribution in [1.29, 1.82) is 0 Å². The molecule has 2 heterocycles. The van der Waals surface area contributed by atoms with Crippen LogP contribution in [0.1, 0.15) is 52.0 Å². The Kier molecular flexibility index (Phi) is 4.92. The van der Waals surface area contributed by atoms with E-state index in [2.05, 4.69) is 10.1 Å². The van der Waals surface area contributed by atoms with Gasteiger partial charge in [-0.2, -0.15) is 0 Å². The van der Waals surface area contributed by atoms with Crippen molar-refractivity contribution in [3.8, 4) is 0 Å². The number of hydrogen-bond donors (Lipinski definition) is 0. The Bertz CT molecular complexity index is 520. The van der Waals surface area contributed by atoms with E-state index >= 15 is 0 Å². The van der Waals surface area contributed by atoms with Crippen LogP contribution in [0.2, 0.25) is 0 Å². The number of carbonyl (C=O) groups excluding carboxylic acids is 1. The van der Waals surface area contributed by atoms with E-state index in [0.29, 0.717) is 18.9 Å². The number of nitrogens with zero attached hydrogens (tertiary/aromatic N) is 2. The highest BCUT2D eigenvalue weighted by Crippen LogP contribution is 2.33. The van der Waals surface area contributed by atoms with E-state index in [1.807, 2.05) is 33.8 Å². The first-order valence-electron chi connectivity index (χ1n) is 7.66. The summed E-state index contributed by atoms with van der Waals surface area (Å²) in [5.41, 5.74) is -0.273. The number of likely N-dealkylation sites (tertiary alicyclic amines) is 1. The van der Waals surface area contributed by atoms with Crippen molar-refractivity contribution < 1.29 is 18.8 Å². The molecule has 1 fully saturated rings. The molecule has 22 heavy (non-hydrogen) atoms. The van der Waals surface area contributed by atoms with Crippen LogP contribution in [-0.4, -0.2) is 40.8 Å². The van der Waals surface area contributed by atoms with E-state index in [1.54, 1.807) is 7.11 Å². The van der Waals surface area contributed by atoms with E-state index in [9.17, 15) is 4.79 Å². The quantitative estimate of drug-likeness (QED) is 0.779. The molecular formula is C16H26N2O4. The summed E-state index contributed by atoms with van der Waals surface area (Å²) in [5.74, 6) is 0.522. The average molecular weight is 310 g/mol. The molecule has 1 aromatic heterocycles. The zero-order valence-corrected chi connectivity index (χ0v) is 14.1. The summed E-state index contributed by atoms with van der Waals surface area (Å²) in [6.45, 7) is 9.44. The molecule has 1 aromatic rings. The molecule has 0 spiro atoms. The summed E-state index contributed by atoms with van der Waals surface area (Å²) in [7, 11) is 1.61. The summed E-state index contributed by atoms with van der Waals surface area (Å²) < 4.78 is 15.8. The molecule has 1 aliphatic heterocycles. The Hall–Kier alpha value is -1.40. The van der Waals surface area contributed by atoms with Gasteiger partial charge >= 0.3 is 5.97 Å². The van der Waals surface area contributed by atoms with E-state index in [4.69, 9.17) is 14.0 Å². The molecule has 1 aliphatic rings. The van der Waals surface area contributed by atoms with Crippen LogP contribution < -0.4 is 0 Å². The first-order chi connectivity index (χ1) is 10.2. The van der Waals surface area contributed by atoms with Crippen molar-refractivity contribution in [2.24, 2.45) is 0 Å². The van der Waals surface area contributed by atoms with Crippen molar-refractivity contribution in [3.63, 3.8) is 0 Å². The predicted molar refractivity (Wildman–Crippen MR) is 81.1 cm³/mol. The van der Waals surface area contributed by atoms with Crippen molar-refractivity contribution in [1.82, 2.24) is 10.1 Å². The van der Waals surface area contributed by atoms with Crippen LogP contribution in [0.3, 0.4) is 0 Å². The molecule has 1 unspecified atom stereocenters. The largest absolute Gasteiger partial charge is 0.459 e. The maximum atomic E-state index is 12.6. The minimum Gasteiger partial charge on any atom is -0.459 e. The van der Waals surface area contributed by atoms with Gasteiger partial charge in [0.1, 0.15) is 17.7 Å². The van der Waals surface area contributed by atoms with E-state index in [1.165, 1.54) is 0 Å². The lowest BCUT2D eigenvalue weighted by molar-refractivity contribution is -0.167. The van der Waals surface area contributed by atoms with Gasteiger partial charge < -0.3 is 14.0 Å². The van der Waals surface area contributed by atoms with Gasteiger partial charge in [0.15, 0.2) is 5.76 Å². The minimum atomic E-state index is -0.604. The number of ether oxygens (including phenoxy) is 2. The normalized spacial score (nSPS) is 23.0. The number of carbonyl (C=O) groups is 1. The number of esters is 1. The van der Waals surface area contributed by atoms with Gasteiger partial charge in [-0.1, -0.05) is 5.16 Å². The van der Waals surface area contributed by atoms with Gasteiger partial charge in [0.05, 0.1) is 5.69 Å². The molecule has 0 aliphatic carbocycles. The molecular weight excluding hydrogens is 284 g/mol. The predicted octanol–water partition coefficient (Wildman–Crippen LogP) is 2.52. The van der Waals surface area contributed by atoms with Crippen LogP contribution in [0.4, 0.5) is 0 Å². The summed E-state index contributed by atoms with van der Waals surface area (Å²) in [5, 5.41) is 4.05. The van der Waals surface area contributed by atoms with Gasteiger partial charge in [-0.05, 0) is 47.1 Å². The zero-order valence-electron chi connectivity index (χ0n) is 14.1. The lowest BCUT2D eigenvalue weighted by Gasteiger charge is -2.35. The first kappa shape index (κ1) is 17.0. The van der Waals surface area contributed by atoms with Crippen LogP contribution >= 0.6 is 0 Å². The summed E-state index contributed by atoms with van der Waals surface area (Å²) >= 11 is 0. The second kappa shape index (κ2) is 6.38. The Morgan fingerprint density at radius 3 is 2.86 bits per heavy atom. The standard InChI is InChI=1S/C16H26N2O4/c1-15(2,3)21-14(19)16(4)7-6-8-18(16)10-12-9-13(11-20-5)22-17-12/h9H,6-8,10-11H2,1-5H3. The van der Waals surface area contributed by atoms with E-state index in [0.717, 1.165) is 25.1 Å². The third-order valence-corrected chi connectivity index (χ3v) is 3.88. The van der Waals surface area contributed by atoms with Crippen molar-refractivity contribution in [2.45, 2.75) is 64.8 Å². The molecule has 1 saturated heterocycles. The Balaban J connectivity index is 2.07. The highest BCUT2D eigenvalue weighted by atomic mass is 16.6. The Morgan fingerprint density at radius 1 is 1.50 bits per heavy atom. The van der Waals surface area contributed by atoms with Crippen molar-refractivity contribution >= 4 is 5.97 Å². The second-order valence-corrected chi connectivity index (χ2v) is 7.02. The van der Waals surface area contributed by atoms with Crippen LogP contribution in [-0.2, 0) is 27.4 Å². The van der Waals surface area contributed by atoms with Crippen LogP contribution in [0.25, 0.3) is 0 Å². The topological polar surface area (TPSA) is 64.8 Å². The summed E-state index contributed by atoms with van der Waals surface area (Å²) in [4.78, 5) is 14.7. The smallest absolute Gasteiger partial charge is 0.326 e. The SMILES string of the molecule is COCc1cc(CN2CCCC2(C)C(=O)OC(C)(C)C)no1. The van der Waals surface area contributed by atoms with Crippen LogP contribution in [0.15, 0.2) is 10.6 Å². The lowest BCUT2D eigenvalue weighted by Crippen LogP contribution is -2.50.